The Morgan fingerprint density at radius 1 is 0.895 bits per heavy atom. The fraction of sp³-hybridized carbons (Fsp3) is 0.310. The van der Waals surface area contributed by atoms with Crippen LogP contribution in [0.4, 0.5) is 11.4 Å². The van der Waals surface area contributed by atoms with Crippen molar-refractivity contribution in [1.82, 2.24) is 20.2 Å². The van der Waals surface area contributed by atoms with Gasteiger partial charge in [0.25, 0.3) is 5.91 Å². The maximum Gasteiger partial charge on any atom is 0.260 e. The second kappa shape index (κ2) is 18.8. The summed E-state index contributed by atoms with van der Waals surface area (Å²) < 4.78 is 38.1. The van der Waals surface area contributed by atoms with Crippen molar-refractivity contribution in [2.45, 2.75) is 62.5 Å². The quantitative estimate of drug-likeness (QED) is 0.102. The Balaban J connectivity index is 0.999. The fourth-order valence-corrected chi connectivity index (χ4v) is 7.38. The van der Waals surface area contributed by atoms with Gasteiger partial charge in [0.1, 0.15) is 23.8 Å². The summed E-state index contributed by atoms with van der Waals surface area (Å²) in [5.41, 5.74) is 5.00. The summed E-state index contributed by atoms with van der Waals surface area (Å²) in [5, 5.41) is 30.5. The number of nitrogens with zero attached hydrogens (tertiary/aromatic N) is 6. The number of hydrogen-bond donors (Lipinski definition) is 3. The van der Waals surface area contributed by atoms with Gasteiger partial charge in [-0.25, -0.2) is 18.4 Å². The van der Waals surface area contributed by atoms with Gasteiger partial charge in [-0.3, -0.25) is 4.79 Å². The molecule has 14 nitrogen and oxygen atoms in total. The van der Waals surface area contributed by atoms with E-state index in [1.807, 2.05) is 62.4 Å². The third-order valence-electron chi connectivity index (χ3n) is 9.23. The lowest BCUT2D eigenvalue weighted by Gasteiger charge is -2.25. The van der Waals surface area contributed by atoms with E-state index in [0.717, 1.165) is 22.5 Å². The molecule has 1 amide bonds. The van der Waals surface area contributed by atoms with E-state index in [4.69, 9.17) is 14.5 Å². The third kappa shape index (κ3) is 10.3. The van der Waals surface area contributed by atoms with E-state index in [1.165, 1.54) is 41.2 Å². The molecule has 57 heavy (non-hydrogen) atoms. The predicted molar refractivity (Wildman–Crippen MR) is 217 cm³/mol. The lowest BCUT2D eigenvalue weighted by Crippen LogP contribution is -2.37. The summed E-state index contributed by atoms with van der Waals surface area (Å²) in [7, 11) is -3.79. The van der Waals surface area contributed by atoms with Crippen molar-refractivity contribution in [1.29, 1.82) is 0 Å². The van der Waals surface area contributed by atoms with E-state index in [9.17, 15) is 23.4 Å². The number of anilines is 1. The number of aryl methyl sites for hydroxylation is 1. The normalized spacial score (nSPS) is 13.6. The van der Waals surface area contributed by atoms with Gasteiger partial charge in [0.05, 0.1) is 21.2 Å². The van der Waals surface area contributed by atoms with Crippen molar-refractivity contribution >= 4 is 38.5 Å². The molecule has 1 aliphatic heterocycles. The standard InChI is InChI=1S/C42H47N7O7S/c1-29-27-33(48(23-7-25-50)24-8-26-51)11-20-38(29)44-40-30(2)46-49-41(40)45-39(47-49)21-22-43-42(52)31(3)56-35-14-18-37(19-15-35)57(53,54)36-16-12-34(13-17-36)55-28-32-9-5-4-6-10-32/h4-6,9-20,27,31,50-51H,7-8,21-26,28H2,1-3H3,(H,43,52). The van der Waals surface area contributed by atoms with Crippen LogP contribution in [0, 0.1) is 6.92 Å². The minimum Gasteiger partial charge on any atom is -0.489 e. The smallest absolute Gasteiger partial charge is 0.260 e. The second-order valence-electron chi connectivity index (χ2n) is 13.5. The second-order valence-corrected chi connectivity index (χ2v) is 15.5. The van der Waals surface area contributed by atoms with E-state index in [0.29, 0.717) is 73.5 Å². The Kier molecular flexibility index (Phi) is 13.5. The fourth-order valence-electron chi connectivity index (χ4n) is 6.12. The van der Waals surface area contributed by atoms with Gasteiger partial charge in [-0.2, -0.15) is 5.10 Å². The lowest BCUT2D eigenvalue weighted by molar-refractivity contribution is -0.127. The molecule has 15 heteroatoms. The van der Waals surface area contributed by atoms with Crippen LogP contribution in [0.25, 0.3) is 0 Å². The number of ether oxygens (including phenoxy) is 2. The molecule has 298 valence electrons. The van der Waals surface area contributed by atoms with Crippen molar-refractivity contribution < 1.29 is 32.9 Å². The van der Waals surface area contributed by atoms with Gasteiger partial charge < -0.3 is 29.9 Å². The number of nitrogens with one attached hydrogen (secondary N) is 1. The summed E-state index contributed by atoms with van der Waals surface area (Å²) >= 11 is 0. The van der Waals surface area contributed by atoms with E-state index in [1.54, 1.807) is 19.1 Å². The zero-order valence-corrected chi connectivity index (χ0v) is 33.0. The molecule has 0 saturated carbocycles. The Morgan fingerprint density at radius 3 is 2.18 bits per heavy atom. The Morgan fingerprint density at radius 2 is 1.54 bits per heavy atom. The molecule has 0 radical (unpaired) electrons. The number of rotatable bonds is 19. The van der Waals surface area contributed by atoms with Crippen molar-refractivity contribution in [2.75, 3.05) is 37.7 Å². The molecule has 0 saturated heterocycles. The van der Waals surface area contributed by atoms with Gasteiger partial charge in [0, 0.05) is 45.0 Å². The highest BCUT2D eigenvalue weighted by molar-refractivity contribution is 7.91. The van der Waals surface area contributed by atoms with Gasteiger partial charge in [-0.05, 0) is 111 Å². The van der Waals surface area contributed by atoms with Crippen LogP contribution >= 0.6 is 0 Å². The molecule has 1 aromatic heterocycles. The van der Waals surface area contributed by atoms with Crippen LogP contribution in [0.15, 0.2) is 117 Å². The van der Waals surface area contributed by atoms with E-state index in [2.05, 4.69) is 25.4 Å². The van der Waals surface area contributed by atoms with Gasteiger partial charge in [0.2, 0.25) is 15.7 Å². The van der Waals surface area contributed by atoms with Gasteiger partial charge in [0.15, 0.2) is 11.9 Å². The molecule has 6 rings (SSSR count). The number of aromatic nitrogens is 3. The topological polar surface area (TPSA) is 181 Å². The number of amides is 1. The molecule has 3 N–H and O–H groups in total. The van der Waals surface area contributed by atoms with Crippen LogP contribution in [0.5, 0.6) is 11.5 Å². The number of aliphatic hydroxyl groups excluding tert-OH is 2. The highest BCUT2D eigenvalue weighted by Gasteiger charge is 2.25. The molecule has 0 spiro atoms. The molecule has 0 bridgehead atoms. The molecule has 2 heterocycles. The highest BCUT2D eigenvalue weighted by Crippen LogP contribution is 2.28. The van der Waals surface area contributed by atoms with Crippen LogP contribution in [-0.2, 0) is 27.7 Å². The summed E-state index contributed by atoms with van der Waals surface area (Å²) in [6, 6.07) is 27.9. The maximum absolute atomic E-state index is 13.3. The Labute approximate surface area is 332 Å². The zero-order chi connectivity index (χ0) is 40.4. The number of fused-ring (bicyclic) bond motifs is 1. The molecule has 5 aromatic rings. The Bertz CT molecular complexity index is 2300. The summed E-state index contributed by atoms with van der Waals surface area (Å²) in [4.78, 5) is 26.3. The number of benzene rings is 4. The van der Waals surface area contributed by atoms with Crippen LogP contribution in [0.2, 0.25) is 0 Å². The number of carbonyl (C=O) groups is 1. The number of hydrogen-bond acceptors (Lipinski definition) is 12. The van der Waals surface area contributed by atoms with Crippen LogP contribution in [-0.4, -0.2) is 89.8 Å². The van der Waals surface area contributed by atoms with Crippen LogP contribution < -0.4 is 19.7 Å². The Hall–Kier alpha value is -5.90. The van der Waals surface area contributed by atoms with Crippen molar-refractivity contribution in [3.05, 3.63) is 120 Å². The average Bonchev–Trinajstić information content (AvgIpc) is 3.74. The predicted octanol–water partition coefficient (Wildman–Crippen LogP) is 5.05. The number of aliphatic imine (C=N–C) groups is 1. The number of sulfone groups is 1. The number of carbonyl (C=O) groups excluding carboxylic acids is 1. The molecule has 0 fully saturated rings. The molecule has 1 aliphatic rings. The van der Waals surface area contributed by atoms with E-state index in [-0.39, 0.29) is 35.5 Å². The van der Waals surface area contributed by atoms with Crippen LogP contribution in [0.1, 0.15) is 49.5 Å². The average molecular weight is 794 g/mol. The molecule has 1 unspecified atom stereocenters. The SMILES string of the molecule is CC1=Nn2nc(CCNC(=O)C(C)Oc3ccc(S(=O)(=O)c4ccc(OCc5ccccc5)cc4)cc3)nc2C1=Nc1ccc(N(CCCO)CCCO)cc1C. The van der Waals surface area contributed by atoms with Gasteiger partial charge in [-0.1, -0.05) is 30.3 Å². The van der Waals surface area contributed by atoms with Crippen LogP contribution in [0.3, 0.4) is 0 Å². The summed E-state index contributed by atoms with van der Waals surface area (Å²) in [5.74, 6) is 1.56. The molecule has 0 aliphatic carbocycles. The first-order valence-electron chi connectivity index (χ1n) is 18.8. The first-order valence-corrected chi connectivity index (χ1v) is 20.3. The largest absolute Gasteiger partial charge is 0.489 e. The molecular formula is C42H47N7O7S. The lowest BCUT2D eigenvalue weighted by atomic mass is 10.1. The first kappa shape index (κ1) is 40.8. The van der Waals surface area contributed by atoms with Crippen molar-refractivity contribution in [3.8, 4) is 11.5 Å². The zero-order valence-electron chi connectivity index (χ0n) is 32.2. The summed E-state index contributed by atoms with van der Waals surface area (Å²) in [6.45, 7) is 7.62. The van der Waals surface area contributed by atoms with Gasteiger partial charge in [-0.15, -0.1) is 9.89 Å². The maximum atomic E-state index is 13.3. The minimum absolute atomic E-state index is 0.0945. The minimum atomic E-state index is -3.79. The van der Waals surface area contributed by atoms with Gasteiger partial charge >= 0.3 is 0 Å². The summed E-state index contributed by atoms with van der Waals surface area (Å²) in [6.07, 6.45) is 0.758. The molecule has 4 aromatic carbocycles. The van der Waals surface area contributed by atoms with E-state index >= 15 is 0 Å². The first-order chi connectivity index (χ1) is 27.5. The highest BCUT2D eigenvalue weighted by atomic mass is 32.2. The van der Waals surface area contributed by atoms with Crippen molar-refractivity contribution in [3.63, 3.8) is 0 Å². The molecule has 1 atom stereocenters. The molecular weight excluding hydrogens is 747 g/mol. The number of aliphatic hydroxyl groups is 2. The monoisotopic (exact) mass is 793 g/mol. The van der Waals surface area contributed by atoms with E-state index < -0.39 is 15.9 Å². The van der Waals surface area contributed by atoms with Crippen molar-refractivity contribution in [2.24, 2.45) is 10.1 Å². The third-order valence-corrected chi connectivity index (χ3v) is 11.0.